The molecule has 5 heterocycles. The number of imide groups is 2. The minimum Gasteiger partial charge on any atom is -0.386 e. The number of anilines is 2. The third-order valence-electron chi connectivity index (χ3n) is 13.2. The SMILES string of the molecule is CN1CC2(CC(CCNc3cccc4c3C(=O)N(C3CCC(=O)NC3=O)C4=O)C2)C1.[B]c1c(C(=O)Nc2cc3sc(C4CCCCC4)nc3cc2C(C)(C)O)nc(C(F)(F)F)c([B])c1[B]. The lowest BCUT2D eigenvalue weighted by Crippen LogP contribution is -2.60. The van der Waals surface area contributed by atoms with Crippen molar-refractivity contribution in [3.63, 3.8) is 0 Å². The van der Waals surface area contributed by atoms with E-state index < -0.39 is 69.2 Å². The number of nitrogens with zero attached hydrogens (tertiary/aromatic N) is 4. The molecule has 1 atom stereocenters. The van der Waals surface area contributed by atoms with Crippen molar-refractivity contribution < 1.29 is 42.3 Å². The van der Waals surface area contributed by atoms with E-state index in [1.165, 1.54) is 57.5 Å². The normalized spacial score (nSPS) is 20.2. The molecule has 2 aromatic carbocycles. The minimum atomic E-state index is -4.93. The zero-order chi connectivity index (χ0) is 46.7. The number of alkyl halides is 3. The third-order valence-corrected chi connectivity index (χ3v) is 14.4. The van der Waals surface area contributed by atoms with Gasteiger partial charge in [-0.3, -0.25) is 34.2 Å². The van der Waals surface area contributed by atoms with Gasteiger partial charge in [0.15, 0.2) is 0 Å². The summed E-state index contributed by atoms with van der Waals surface area (Å²) in [6.45, 7) is 6.22. The number of hydrogen-bond donors (Lipinski definition) is 4. The number of thiazole rings is 1. The molecule has 2 aliphatic carbocycles. The second kappa shape index (κ2) is 17.6. The van der Waals surface area contributed by atoms with E-state index in [1.807, 2.05) is 0 Å². The first-order chi connectivity index (χ1) is 30.6. The lowest BCUT2D eigenvalue weighted by molar-refractivity contribution is -0.140. The molecule has 334 valence electrons. The molecule has 1 unspecified atom stereocenters. The van der Waals surface area contributed by atoms with Gasteiger partial charge in [0, 0.05) is 48.9 Å². The van der Waals surface area contributed by atoms with Gasteiger partial charge in [-0.15, -0.1) is 16.8 Å². The Hall–Kier alpha value is -5.07. The molecule has 4 N–H and O–H groups in total. The number of rotatable bonds is 9. The lowest BCUT2D eigenvalue weighted by atomic mass is 9.57. The Labute approximate surface area is 382 Å². The number of carbonyl (C=O) groups is 5. The van der Waals surface area contributed by atoms with Crippen LogP contribution in [0.3, 0.4) is 0 Å². The molecule has 4 fully saturated rings. The standard InChI is InChI=1S/C23H21B3F3N3O2S.C22H26N4O4/c1-22(2,34)11-8-13-14(35-21(31-13)10-6-4-3-5-7-10)9-12(11)30-20(33)18-16(25)15(24)17(26)19(32-18)23(27,28)29;1-25-11-22(12-25)9-13(10-22)7-8-23-15-4-2-3-14-18(15)21(30)26(20(14)29)16-5-6-17(27)24-19(16)28/h8-10,34H,3-7H2,1-2H3,(H,30,33);2-4,13,16,23H,5-12H2,1H3,(H,24,27,28). The molecule has 4 aromatic rings. The van der Waals surface area contributed by atoms with E-state index in [4.69, 9.17) is 28.5 Å². The van der Waals surface area contributed by atoms with Crippen LogP contribution in [0.4, 0.5) is 24.5 Å². The van der Waals surface area contributed by atoms with Crippen molar-refractivity contribution in [1.82, 2.24) is 25.1 Å². The fourth-order valence-corrected chi connectivity index (χ4v) is 11.3. The highest BCUT2D eigenvalue weighted by Gasteiger charge is 2.50. The van der Waals surface area contributed by atoms with Gasteiger partial charge in [-0.05, 0) is 95.0 Å². The van der Waals surface area contributed by atoms with Crippen LogP contribution in [0.5, 0.6) is 0 Å². The fraction of sp³-hybridized carbons (Fsp3) is 0.489. The highest BCUT2D eigenvalue weighted by atomic mass is 32.1. The first-order valence-electron chi connectivity index (χ1n) is 21.8. The molecule has 20 heteroatoms. The topological polar surface area (TPSA) is 174 Å². The number of halogens is 3. The minimum absolute atomic E-state index is 0.119. The molecule has 2 saturated heterocycles. The van der Waals surface area contributed by atoms with E-state index in [0.29, 0.717) is 45.1 Å². The maximum absolute atomic E-state index is 13.4. The fourth-order valence-electron chi connectivity index (χ4n) is 10.1. The highest BCUT2D eigenvalue weighted by Crippen LogP contribution is 2.52. The summed E-state index contributed by atoms with van der Waals surface area (Å²) in [5, 5.41) is 19.9. The van der Waals surface area contributed by atoms with Gasteiger partial charge in [-0.25, -0.2) is 9.97 Å². The van der Waals surface area contributed by atoms with E-state index in [1.54, 1.807) is 30.3 Å². The van der Waals surface area contributed by atoms with Gasteiger partial charge in [-0.2, -0.15) is 13.2 Å². The first-order valence-corrected chi connectivity index (χ1v) is 22.6. The van der Waals surface area contributed by atoms with Crippen molar-refractivity contribution in [1.29, 1.82) is 0 Å². The smallest absolute Gasteiger partial charge is 0.386 e. The van der Waals surface area contributed by atoms with Crippen LogP contribution in [0.25, 0.3) is 10.2 Å². The van der Waals surface area contributed by atoms with Crippen LogP contribution >= 0.6 is 11.3 Å². The molecular weight excluding hydrogens is 856 g/mol. The van der Waals surface area contributed by atoms with Crippen LogP contribution in [0, 0.1) is 11.3 Å². The Morgan fingerprint density at radius 2 is 1.66 bits per heavy atom. The van der Waals surface area contributed by atoms with Crippen LogP contribution in [0.1, 0.15) is 131 Å². The second-order valence-corrected chi connectivity index (χ2v) is 19.7. The summed E-state index contributed by atoms with van der Waals surface area (Å²) in [5.74, 6) is -1.83. The number of piperidine rings is 1. The summed E-state index contributed by atoms with van der Waals surface area (Å²) >= 11 is 1.50. The van der Waals surface area contributed by atoms with Crippen LogP contribution in [-0.4, -0.2) is 111 Å². The lowest BCUT2D eigenvalue weighted by Gasteiger charge is -2.58. The Morgan fingerprint density at radius 3 is 2.31 bits per heavy atom. The molecule has 5 aliphatic rings. The van der Waals surface area contributed by atoms with E-state index in [9.17, 15) is 42.3 Å². The number of nitrogens with one attached hydrogen (secondary N) is 3. The molecule has 65 heavy (non-hydrogen) atoms. The van der Waals surface area contributed by atoms with Crippen molar-refractivity contribution in [2.75, 3.05) is 37.3 Å². The predicted octanol–water partition coefficient (Wildman–Crippen LogP) is 3.85. The first kappa shape index (κ1) is 46.5. The number of likely N-dealkylation sites (tertiary alicyclic amines) is 1. The molecule has 2 aromatic heterocycles. The maximum atomic E-state index is 13.4. The van der Waals surface area contributed by atoms with Crippen molar-refractivity contribution in [3.05, 3.63) is 63.4 Å². The summed E-state index contributed by atoms with van der Waals surface area (Å²) in [6, 6.07) is 7.59. The zero-order valence-electron chi connectivity index (χ0n) is 36.4. The highest BCUT2D eigenvalue weighted by molar-refractivity contribution is 7.18. The summed E-state index contributed by atoms with van der Waals surface area (Å²) in [7, 11) is 19.0. The number of carbonyl (C=O) groups excluding carboxylic acids is 5. The van der Waals surface area contributed by atoms with E-state index in [2.05, 4.69) is 32.9 Å². The largest absolute Gasteiger partial charge is 0.432 e. The average molecular weight is 903 g/mol. The summed E-state index contributed by atoms with van der Waals surface area (Å²) in [4.78, 5) is 74.1. The van der Waals surface area contributed by atoms with Crippen molar-refractivity contribution in [2.45, 2.75) is 102 Å². The molecule has 3 aliphatic heterocycles. The zero-order valence-corrected chi connectivity index (χ0v) is 37.2. The quantitative estimate of drug-likeness (QED) is 0.143. The van der Waals surface area contributed by atoms with Crippen LogP contribution in [0.2, 0.25) is 0 Å². The third kappa shape index (κ3) is 9.22. The molecule has 2 saturated carbocycles. The van der Waals surface area contributed by atoms with Gasteiger partial charge in [0.05, 0.1) is 32.0 Å². The number of benzene rings is 2. The van der Waals surface area contributed by atoms with Gasteiger partial charge >= 0.3 is 6.18 Å². The Kier molecular flexibility index (Phi) is 12.6. The number of hydrogen-bond acceptors (Lipinski definition) is 11. The molecule has 13 nitrogen and oxygen atoms in total. The van der Waals surface area contributed by atoms with Gasteiger partial charge in [0.25, 0.3) is 17.7 Å². The predicted molar refractivity (Wildman–Crippen MR) is 243 cm³/mol. The van der Waals surface area contributed by atoms with Crippen LogP contribution in [0.15, 0.2) is 30.3 Å². The van der Waals surface area contributed by atoms with Crippen LogP contribution in [-0.2, 0) is 21.4 Å². The van der Waals surface area contributed by atoms with E-state index in [-0.39, 0.29) is 24.4 Å². The molecule has 6 radical (unpaired) electrons. The maximum Gasteiger partial charge on any atom is 0.432 e. The summed E-state index contributed by atoms with van der Waals surface area (Å²) < 4.78 is 40.9. The molecule has 1 spiro atoms. The van der Waals surface area contributed by atoms with Gasteiger partial charge in [0.1, 0.15) is 41.0 Å². The number of aliphatic hydroxyl groups is 1. The molecule has 9 rings (SSSR count). The Bertz CT molecular complexity index is 2600. The number of pyridine rings is 1. The van der Waals surface area contributed by atoms with Crippen LogP contribution < -0.4 is 32.3 Å². The number of fused-ring (bicyclic) bond motifs is 2. The van der Waals surface area contributed by atoms with Gasteiger partial charge in [0.2, 0.25) is 11.8 Å². The average Bonchev–Trinajstić information content (AvgIpc) is 3.75. The summed E-state index contributed by atoms with van der Waals surface area (Å²) in [6.07, 6.45) is 4.56. The molecule has 5 amide bonds. The number of aromatic nitrogens is 2. The van der Waals surface area contributed by atoms with Gasteiger partial charge in [-0.1, -0.05) is 36.3 Å². The Morgan fingerprint density at radius 1 is 0.954 bits per heavy atom. The van der Waals surface area contributed by atoms with Crippen molar-refractivity contribution in [3.8, 4) is 0 Å². The number of amides is 5. The Balaban J connectivity index is 0.000000179. The molecular formula is C45H47B3F3N7O6S. The monoisotopic (exact) mass is 903 g/mol. The van der Waals surface area contributed by atoms with E-state index >= 15 is 0 Å². The second-order valence-electron chi connectivity index (χ2n) is 18.7. The van der Waals surface area contributed by atoms with Crippen molar-refractivity contribution in [2.24, 2.45) is 11.3 Å². The van der Waals surface area contributed by atoms with E-state index in [0.717, 1.165) is 53.3 Å². The van der Waals surface area contributed by atoms with Crippen molar-refractivity contribution >= 4 is 102 Å². The van der Waals surface area contributed by atoms with Gasteiger partial charge < -0.3 is 20.6 Å². The molecule has 0 bridgehead atoms. The summed E-state index contributed by atoms with van der Waals surface area (Å²) in [5.41, 5.74) is -2.40.